The average molecular weight is 228 g/mol. The van der Waals surface area contributed by atoms with Gasteiger partial charge in [0.2, 0.25) is 5.91 Å². The molecule has 0 radical (unpaired) electrons. The number of nitrogens with two attached hydrogens (primary N) is 1. The van der Waals surface area contributed by atoms with Crippen molar-refractivity contribution in [3.8, 4) is 0 Å². The number of carbonyl (C=O) groups excluding carboxylic acids is 1. The third kappa shape index (κ3) is 6.11. The summed E-state index contributed by atoms with van der Waals surface area (Å²) < 4.78 is 0. The molecule has 0 aromatic carbocycles. The molecule has 3 N–H and O–H groups in total. The number of carbonyl (C=O) groups is 1. The number of rotatable bonds is 7. The fourth-order valence-corrected chi connectivity index (χ4v) is 1.68. The van der Waals surface area contributed by atoms with E-state index in [1.165, 1.54) is 0 Å². The van der Waals surface area contributed by atoms with Crippen LogP contribution in [0, 0.1) is 5.92 Å². The Labute approximate surface area is 100 Å². The van der Waals surface area contributed by atoms with Crippen LogP contribution in [0.4, 0.5) is 0 Å². The largest absolute Gasteiger partial charge is 0.352 e. The molecular weight excluding hydrogens is 200 g/mol. The first-order valence-electron chi connectivity index (χ1n) is 6.39. The molecule has 0 saturated carbocycles. The minimum atomic E-state index is -0.721. The van der Waals surface area contributed by atoms with Crippen molar-refractivity contribution in [2.45, 2.75) is 71.9 Å². The maximum absolute atomic E-state index is 11.9. The van der Waals surface area contributed by atoms with Gasteiger partial charge in [-0.3, -0.25) is 4.79 Å². The molecule has 0 aliphatic rings. The van der Waals surface area contributed by atoms with Crippen LogP contribution in [0.3, 0.4) is 0 Å². The Balaban J connectivity index is 4.03. The van der Waals surface area contributed by atoms with E-state index in [-0.39, 0.29) is 11.9 Å². The molecule has 96 valence electrons. The van der Waals surface area contributed by atoms with Crippen LogP contribution < -0.4 is 11.1 Å². The van der Waals surface area contributed by atoms with E-state index in [1.807, 2.05) is 13.8 Å². The second kappa shape index (κ2) is 6.89. The Morgan fingerprint density at radius 2 is 1.88 bits per heavy atom. The lowest BCUT2D eigenvalue weighted by Crippen LogP contribution is -2.53. The van der Waals surface area contributed by atoms with Gasteiger partial charge < -0.3 is 11.1 Å². The third-order valence-corrected chi connectivity index (χ3v) is 2.84. The van der Waals surface area contributed by atoms with Crippen LogP contribution in [0.2, 0.25) is 0 Å². The van der Waals surface area contributed by atoms with Crippen molar-refractivity contribution in [3.05, 3.63) is 0 Å². The number of hydrogen-bond acceptors (Lipinski definition) is 2. The van der Waals surface area contributed by atoms with Gasteiger partial charge in [-0.2, -0.15) is 0 Å². The first kappa shape index (κ1) is 15.4. The standard InChI is InChI=1S/C13H28N2O/c1-6-9-13(5,14)12(16)15-11(4)8-7-10(2)3/h10-11H,6-9,14H2,1-5H3,(H,15,16). The molecule has 0 rings (SSSR count). The molecule has 3 heteroatoms. The molecule has 2 unspecified atom stereocenters. The van der Waals surface area contributed by atoms with Crippen LogP contribution in [0.5, 0.6) is 0 Å². The summed E-state index contributed by atoms with van der Waals surface area (Å²) in [6.07, 6.45) is 3.82. The number of amides is 1. The summed E-state index contributed by atoms with van der Waals surface area (Å²) in [6, 6.07) is 0.217. The SMILES string of the molecule is CCCC(C)(N)C(=O)NC(C)CCC(C)C. The maximum atomic E-state index is 11.9. The van der Waals surface area contributed by atoms with Crippen molar-refractivity contribution in [2.24, 2.45) is 11.7 Å². The summed E-state index contributed by atoms with van der Waals surface area (Å²) in [5, 5.41) is 3.00. The van der Waals surface area contributed by atoms with E-state index in [0.29, 0.717) is 5.92 Å². The molecule has 16 heavy (non-hydrogen) atoms. The maximum Gasteiger partial charge on any atom is 0.240 e. The second-order valence-corrected chi connectivity index (χ2v) is 5.51. The lowest BCUT2D eigenvalue weighted by molar-refractivity contribution is -0.126. The molecule has 0 aromatic heterocycles. The Hall–Kier alpha value is -0.570. The van der Waals surface area contributed by atoms with Crippen LogP contribution in [-0.4, -0.2) is 17.5 Å². The fourth-order valence-electron chi connectivity index (χ4n) is 1.68. The first-order chi connectivity index (χ1) is 7.29. The Kier molecular flexibility index (Phi) is 6.65. The van der Waals surface area contributed by atoms with Gasteiger partial charge in [-0.15, -0.1) is 0 Å². The molecule has 1 amide bonds. The normalized spacial score (nSPS) is 16.9. The van der Waals surface area contributed by atoms with E-state index in [2.05, 4.69) is 19.2 Å². The van der Waals surface area contributed by atoms with E-state index in [9.17, 15) is 4.79 Å². The summed E-state index contributed by atoms with van der Waals surface area (Å²) in [5.74, 6) is 0.657. The van der Waals surface area contributed by atoms with Gasteiger partial charge in [-0.1, -0.05) is 27.2 Å². The quantitative estimate of drug-likeness (QED) is 0.703. The number of hydrogen-bond donors (Lipinski definition) is 2. The van der Waals surface area contributed by atoms with Crippen LogP contribution in [-0.2, 0) is 4.79 Å². The highest BCUT2D eigenvalue weighted by Gasteiger charge is 2.27. The molecule has 0 spiro atoms. The molecule has 0 aliphatic carbocycles. The highest BCUT2D eigenvalue weighted by Crippen LogP contribution is 2.11. The molecule has 0 fully saturated rings. The van der Waals surface area contributed by atoms with E-state index < -0.39 is 5.54 Å². The van der Waals surface area contributed by atoms with Crippen molar-refractivity contribution < 1.29 is 4.79 Å². The highest BCUT2D eigenvalue weighted by molar-refractivity contribution is 5.85. The first-order valence-corrected chi connectivity index (χ1v) is 6.39. The zero-order chi connectivity index (χ0) is 12.8. The van der Waals surface area contributed by atoms with Crippen molar-refractivity contribution in [1.82, 2.24) is 5.32 Å². The summed E-state index contributed by atoms with van der Waals surface area (Å²) >= 11 is 0. The average Bonchev–Trinajstić information content (AvgIpc) is 2.14. The molecule has 3 nitrogen and oxygen atoms in total. The van der Waals surface area contributed by atoms with Crippen LogP contribution in [0.25, 0.3) is 0 Å². The second-order valence-electron chi connectivity index (χ2n) is 5.51. The van der Waals surface area contributed by atoms with E-state index in [4.69, 9.17) is 5.73 Å². The predicted molar refractivity (Wildman–Crippen MR) is 69.2 cm³/mol. The lowest BCUT2D eigenvalue weighted by atomic mass is 9.95. The van der Waals surface area contributed by atoms with Crippen molar-refractivity contribution in [2.75, 3.05) is 0 Å². The highest BCUT2D eigenvalue weighted by atomic mass is 16.2. The zero-order valence-electron chi connectivity index (χ0n) is 11.5. The molecular formula is C13H28N2O. The van der Waals surface area contributed by atoms with Crippen LogP contribution in [0.1, 0.15) is 60.3 Å². The Morgan fingerprint density at radius 1 is 1.31 bits per heavy atom. The lowest BCUT2D eigenvalue weighted by Gasteiger charge is -2.25. The molecule has 0 aliphatic heterocycles. The van der Waals surface area contributed by atoms with E-state index in [1.54, 1.807) is 6.92 Å². The zero-order valence-corrected chi connectivity index (χ0v) is 11.5. The van der Waals surface area contributed by atoms with E-state index in [0.717, 1.165) is 25.7 Å². The summed E-state index contributed by atoms with van der Waals surface area (Å²) in [4.78, 5) is 11.9. The van der Waals surface area contributed by atoms with Gasteiger partial charge >= 0.3 is 0 Å². The summed E-state index contributed by atoms with van der Waals surface area (Å²) in [6.45, 7) is 10.3. The van der Waals surface area contributed by atoms with Crippen molar-refractivity contribution in [3.63, 3.8) is 0 Å². The minimum Gasteiger partial charge on any atom is -0.352 e. The topological polar surface area (TPSA) is 55.1 Å². The molecule has 0 saturated heterocycles. The van der Waals surface area contributed by atoms with Gasteiger partial charge in [-0.25, -0.2) is 0 Å². The van der Waals surface area contributed by atoms with Gasteiger partial charge in [0.15, 0.2) is 0 Å². The smallest absolute Gasteiger partial charge is 0.240 e. The number of nitrogens with one attached hydrogen (secondary N) is 1. The molecule has 2 atom stereocenters. The van der Waals surface area contributed by atoms with Gasteiger partial charge in [0.1, 0.15) is 0 Å². The van der Waals surface area contributed by atoms with Gasteiger partial charge in [0, 0.05) is 6.04 Å². The molecule has 0 aromatic rings. The van der Waals surface area contributed by atoms with Gasteiger partial charge in [0.25, 0.3) is 0 Å². The van der Waals surface area contributed by atoms with E-state index >= 15 is 0 Å². The minimum absolute atomic E-state index is 0.0226. The Bertz CT molecular complexity index is 212. The van der Waals surface area contributed by atoms with Gasteiger partial charge in [-0.05, 0) is 39.0 Å². The van der Waals surface area contributed by atoms with Crippen LogP contribution >= 0.6 is 0 Å². The predicted octanol–water partition coefficient (Wildman–Crippen LogP) is 2.44. The summed E-state index contributed by atoms with van der Waals surface area (Å²) in [7, 11) is 0. The fraction of sp³-hybridized carbons (Fsp3) is 0.923. The summed E-state index contributed by atoms with van der Waals surface area (Å²) in [5.41, 5.74) is 5.24. The van der Waals surface area contributed by atoms with Crippen molar-refractivity contribution in [1.29, 1.82) is 0 Å². The Morgan fingerprint density at radius 3 is 2.31 bits per heavy atom. The monoisotopic (exact) mass is 228 g/mol. The van der Waals surface area contributed by atoms with Crippen molar-refractivity contribution >= 4 is 5.91 Å². The molecule has 0 bridgehead atoms. The molecule has 0 heterocycles. The van der Waals surface area contributed by atoms with Gasteiger partial charge in [0.05, 0.1) is 5.54 Å². The van der Waals surface area contributed by atoms with Crippen LogP contribution in [0.15, 0.2) is 0 Å². The third-order valence-electron chi connectivity index (χ3n) is 2.84.